The molecule has 0 aromatic heterocycles. The Morgan fingerprint density at radius 3 is 2.45 bits per heavy atom. The van der Waals surface area contributed by atoms with Crippen molar-refractivity contribution in [3.8, 4) is 6.07 Å². The van der Waals surface area contributed by atoms with E-state index in [0.717, 1.165) is 20.7 Å². The highest BCUT2D eigenvalue weighted by Gasteiger charge is 2.15. The molecule has 0 saturated heterocycles. The number of nitrogens with zero attached hydrogens (tertiary/aromatic N) is 2. The third kappa shape index (κ3) is 3.15. The Balaban J connectivity index is 2.33. The lowest BCUT2D eigenvalue weighted by Crippen LogP contribution is -2.22. The summed E-state index contributed by atoms with van der Waals surface area (Å²) in [6.07, 6.45) is 0. The van der Waals surface area contributed by atoms with Crippen LogP contribution in [0.1, 0.15) is 24.1 Å². The van der Waals surface area contributed by atoms with Gasteiger partial charge in [0.25, 0.3) is 0 Å². The Labute approximate surface area is 132 Å². The largest absolute Gasteiger partial charge is 0.367 e. The number of hydrogen-bond donors (Lipinski definition) is 0. The molecule has 0 amide bonds. The molecular weight excluding hydrogens is 336 g/mol. The summed E-state index contributed by atoms with van der Waals surface area (Å²) in [5.74, 6) is 0. The lowest BCUT2D eigenvalue weighted by Gasteiger charge is -2.28. The van der Waals surface area contributed by atoms with Crippen LogP contribution in [0.2, 0.25) is 5.02 Å². The molecule has 0 heterocycles. The molecule has 0 radical (unpaired) electrons. The minimum absolute atomic E-state index is 0.153. The van der Waals surface area contributed by atoms with Crippen molar-refractivity contribution in [2.24, 2.45) is 0 Å². The van der Waals surface area contributed by atoms with E-state index < -0.39 is 0 Å². The molecule has 0 N–H and O–H groups in total. The van der Waals surface area contributed by atoms with Crippen molar-refractivity contribution in [3.63, 3.8) is 0 Å². The molecule has 0 aliphatic heterocycles. The first kappa shape index (κ1) is 14.9. The maximum absolute atomic E-state index is 9.27. The Morgan fingerprint density at radius 2 is 1.85 bits per heavy atom. The summed E-state index contributed by atoms with van der Waals surface area (Å²) in [5, 5.41) is 9.99. The molecule has 0 aliphatic carbocycles. The molecule has 2 aromatic rings. The first-order valence-electron chi connectivity index (χ1n) is 6.21. The summed E-state index contributed by atoms with van der Waals surface area (Å²) in [6, 6.07) is 15.9. The molecule has 0 saturated carbocycles. The second kappa shape index (κ2) is 6.30. The smallest absolute Gasteiger partial charge is 0.101 e. The third-order valence-electron chi connectivity index (χ3n) is 3.39. The number of rotatable bonds is 3. The first-order chi connectivity index (χ1) is 9.52. The number of benzene rings is 2. The van der Waals surface area contributed by atoms with Crippen LogP contribution >= 0.6 is 27.5 Å². The van der Waals surface area contributed by atoms with Crippen LogP contribution in [0.3, 0.4) is 0 Å². The summed E-state index contributed by atoms with van der Waals surface area (Å²) in [7, 11) is 1.99. The van der Waals surface area contributed by atoms with E-state index in [9.17, 15) is 5.26 Å². The van der Waals surface area contributed by atoms with Crippen LogP contribution < -0.4 is 4.90 Å². The molecule has 1 unspecified atom stereocenters. The zero-order valence-corrected chi connectivity index (χ0v) is 13.6. The Bertz CT molecular complexity index is 647. The topological polar surface area (TPSA) is 27.0 Å². The normalized spacial score (nSPS) is 11.8. The minimum Gasteiger partial charge on any atom is -0.367 e. The standard InChI is InChI=1S/C16H14BrClN2/c1-11(12-3-6-15(18)7-4-12)20(2)16-8-5-14(17)9-13(16)10-19/h3-9,11H,1-2H3. The number of nitriles is 1. The van der Waals surface area contributed by atoms with Gasteiger partial charge in [-0.2, -0.15) is 5.26 Å². The summed E-state index contributed by atoms with van der Waals surface area (Å²) < 4.78 is 0.908. The Kier molecular flexibility index (Phi) is 4.69. The van der Waals surface area contributed by atoms with Crippen LogP contribution in [0, 0.1) is 11.3 Å². The molecule has 2 rings (SSSR count). The summed E-state index contributed by atoms with van der Waals surface area (Å²) in [4.78, 5) is 2.09. The molecule has 2 aromatic carbocycles. The van der Waals surface area contributed by atoms with Crippen molar-refractivity contribution in [1.82, 2.24) is 0 Å². The monoisotopic (exact) mass is 348 g/mol. The van der Waals surface area contributed by atoms with Gasteiger partial charge >= 0.3 is 0 Å². The highest BCUT2D eigenvalue weighted by atomic mass is 79.9. The van der Waals surface area contributed by atoms with Crippen molar-refractivity contribution >= 4 is 33.2 Å². The fourth-order valence-electron chi connectivity index (χ4n) is 2.08. The van der Waals surface area contributed by atoms with Crippen molar-refractivity contribution in [2.45, 2.75) is 13.0 Å². The fourth-order valence-corrected chi connectivity index (χ4v) is 2.57. The summed E-state index contributed by atoms with van der Waals surface area (Å²) >= 11 is 9.31. The predicted octanol–water partition coefficient (Wildman–Crippen LogP) is 5.17. The van der Waals surface area contributed by atoms with E-state index in [2.05, 4.69) is 33.8 Å². The van der Waals surface area contributed by atoms with Crippen LogP contribution in [0.15, 0.2) is 46.9 Å². The zero-order chi connectivity index (χ0) is 14.7. The average Bonchev–Trinajstić information content (AvgIpc) is 2.46. The van der Waals surface area contributed by atoms with E-state index >= 15 is 0 Å². The molecule has 102 valence electrons. The van der Waals surface area contributed by atoms with Gasteiger partial charge in [0.05, 0.1) is 17.3 Å². The SMILES string of the molecule is CC(c1ccc(Cl)cc1)N(C)c1ccc(Br)cc1C#N. The van der Waals surface area contributed by atoms with Crippen LogP contribution in [-0.2, 0) is 0 Å². The van der Waals surface area contributed by atoms with Crippen molar-refractivity contribution in [3.05, 3.63) is 63.1 Å². The van der Waals surface area contributed by atoms with Crippen molar-refractivity contribution < 1.29 is 0 Å². The van der Waals surface area contributed by atoms with Gasteiger partial charge in [0.1, 0.15) is 6.07 Å². The molecule has 4 heteroatoms. The highest BCUT2D eigenvalue weighted by molar-refractivity contribution is 9.10. The van der Waals surface area contributed by atoms with Gasteiger partial charge in [-0.25, -0.2) is 0 Å². The van der Waals surface area contributed by atoms with E-state index in [-0.39, 0.29) is 6.04 Å². The zero-order valence-electron chi connectivity index (χ0n) is 11.3. The first-order valence-corrected chi connectivity index (χ1v) is 7.38. The van der Waals surface area contributed by atoms with Crippen molar-refractivity contribution in [1.29, 1.82) is 5.26 Å². The van der Waals surface area contributed by atoms with E-state index in [1.54, 1.807) is 0 Å². The molecule has 1 atom stereocenters. The van der Waals surface area contributed by atoms with Crippen LogP contribution in [0.5, 0.6) is 0 Å². The lowest BCUT2D eigenvalue weighted by atomic mass is 10.1. The Morgan fingerprint density at radius 1 is 1.20 bits per heavy atom. The quantitative estimate of drug-likeness (QED) is 0.764. The van der Waals surface area contributed by atoms with Gasteiger partial charge in [0, 0.05) is 16.5 Å². The van der Waals surface area contributed by atoms with Crippen LogP contribution in [0.25, 0.3) is 0 Å². The van der Waals surface area contributed by atoms with Gasteiger partial charge in [-0.05, 0) is 42.8 Å². The van der Waals surface area contributed by atoms with Gasteiger partial charge in [-0.1, -0.05) is 39.7 Å². The second-order valence-electron chi connectivity index (χ2n) is 4.61. The molecule has 20 heavy (non-hydrogen) atoms. The van der Waals surface area contributed by atoms with Gasteiger partial charge in [-0.15, -0.1) is 0 Å². The van der Waals surface area contributed by atoms with Gasteiger partial charge in [0.2, 0.25) is 0 Å². The third-order valence-corrected chi connectivity index (χ3v) is 4.14. The predicted molar refractivity (Wildman–Crippen MR) is 87.1 cm³/mol. The van der Waals surface area contributed by atoms with Gasteiger partial charge in [-0.3, -0.25) is 0 Å². The summed E-state index contributed by atoms with van der Waals surface area (Å²) in [5.41, 5.74) is 2.73. The molecule has 2 nitrogen and oxygen atoms in total. The van der Waals surface area contributed by atoms with Crippen LogP contribution in [0.4, 0.5) is 5.69 Å². The van der Waals surface area contributed by atoms with Crippen LogP contribution in [-0.4, -0.2) is 7.05 Å². The van der Waals surface area contributed by atoms with Gasteiger partial charge < -0.3 is 4.90 Å². The summed E-state index contributed by atoms with van der Waals surface area (Å²) in [6.45, 7) is 2.10. The van der Waals surface area contributed by atoms with E-state index in [0.29, 0.717) is 5.56 Å². The fraction of sp³-hybridized carbons (Fsp3) is 0.188. The van der Waals surface area contributed by atoms with E-state index in [4.69, 9.17) is 11.6 Å². The lowest BCUT2D eigenvalue weighted by molar-refractivity contribution is 0.739. The maximum atomic E-state index is 9.27. The highest BCUT2D eigenvalue weighted by Crippen LogP contribution is 2.30. The van der Waals surface area contributed by atoms with Crippen molar-refractivity contribution in [2.75, 3.05) is 11.9 Å². The maximum Gasteiger partial charge on any atom is 0.101 e. The molecule has 0 fully saturated rings. The van der Waals surface area contributed by atoms with Gasteiger partial charge in [0.15, 0.2) is 0 Å². The molecule has 0 spiro atoms. The Hall–Kier alpha value is -1.50. The van der Waals surface area contributed by atoms with E-state index in [1.165, 1.54) is 0 Å². The average molecular weight is 350 g/mol. The number of hydrogen-bond acceptors (Lipinski definition) is 2. The second-order valence-corrected chi connectivity index (χ2v) is 5.96. The molecule has 0 bridgehead atoms. The molecular formula is C16H14BrClN2. The van der Waals surface area contributed by atoms with E-state index in [1.807, 2.05) is 49.5 Å². The number of halogens is 2. The number of anilines is 1. The minimum atomic E-state index is 0.153. The molecule has 0 aliphatic rings.